The van der Waals surface area contributed by atoms with Crippen molar-refractivity contribution in [3.8, 4) is 0 Å². The van der Waals surface area contributed by atoms with Crippen LogP contribution in [0.3, 0.4) is 0 Å². The maximum atomic E-state index is 14.2. The molecule has 7 saturated heterocycles. The Morgan fingerprint density at radius 3 is 1.10 bits per heavy atom. The number of carbonyl (C=O) groups excluding carboxylic acids is 2. The largest absolute Gasteiger partial charge is 0.339 e. The summed E-state index contributed by atoms with van der Waals surface area (Å²) in [5.74, 6) is 1.17. The zero-order valence-electron chi connectivity index (χ0n) is 84.6. The number of likely N-dealkylation sites (N-methyl/N-ethyl adjacent to an activating group) is 1. The first-order chi connectivity index (χ1) is 70.9. The molecule has 752 valence electrons. The van der Waals surface area contributed by atoms with Crippen LogP contribution in [-0.4, -0.2) is 178 Å². The van der Waals surface area contributed by atoms with Crippen LogP contribution in [0.15, 0.2) is 332 Å². The standard InChI is InChI=1S/C32H36Cl2N4O.C32H37N3O.C31H34N2S.C29H32Cl2N4O/c33-28-14-6-4-12-26(28)30(27-13-5-7-15-29(27)34)36-20-16-32(17-21-36)31(39)37(23-22-35-18-8-9-19-35)24-38(32)25-10-2-1-3-11-25;1-23-10-3-5-14-27(23)31(28-15-6-4-11-24(28)2)33-20-18-26(19-21-33)35-30-17-8-7-16-29(30)34(32(35)36)22-25-12-9-13-25;1-24-11-6-8-16-28(24)30(29-17-9-7-12-25(29)2)33-20-18-31(19-21-33,26-13-4-3-5-14-26)32-23-27-15-10-22-34-27;1-32-17-20-34-21-35(22-9-3-2-4-10-22)29(28(34)36)15-18-33(19-16-29)27(23-11-5-7-13-25(23)30)24-12-6-8-14-26(24)31/h1-7,10-15,30H,8-9,16-24H2;3-8,10-11,14-17,25-26,31H,9,12-13,18-22H2,1-2H3;3-17,22,30,32H,18-21,23H2,1-2H3;2-14,27,32H,15-21H2,1H3. The Balaban J connectivity index is 0.000000122. The van der Waals surface area contributed by atoms with E-state index in [2.05, 4.69) is 316 Å². The second-order valence-corrected chi connectivity index (χ2v) is 43.8. The number of carbonyl (C=O) groups is 2. The lowest BCUT2D eigenvalue weighted by Gasteiger charge is -2.46. The van der Waals surface area contributed by atoms with Crippen molar-refractivity contribution < 1.29 is 9.59 Å². The smallest absolute Gasteiger partial charge is 0.329 e. The molecule has 16 nitrogen and oxygen atoms in total. The van der Waals surface area contributed by atoms with E-state index in [4.69, 9.17) is 46.4 Å². The van der Waals surface area contributed by atoms with Crippen molar-refractivity contribution >= 4 is 92.0 Å². The van der Waals surface area contributed by atoms with Gasteiger partial charge in [0.25, 0.3) is 0 Å². The molecule has 9 heterocycles. The molecule has 0 unspecified atom stereocenters. The van der Waals surface area contributed by atoms with Crippen molar-refractivity contribution in [2.45, 2.75) is 171 Å². The van der Waals surface area contributed by atoms with E-state index in [1.54, 1.807) is 0 Å². The van der Waals surface area contributed by atoms with Gasteiger partial charge in [0.1, 0.15) is 11.1 Å². The lowest BCUT2D eigenvalue weighted by Crippen LogP contribution is -2.57. The van der Waals surface area contributed by atoms with Gasteiger partial charge in [0.2, 0.25) is 11.8 Å². The SMILES string of the molecule is CNCCN1CN(c2ccccc2)C2(CCN(C(c3ccccc3Cl)c3ccccc3Cl)CC2)C1=O.Cc1ccccc1C(c1ccccc1C)N1CCC(NCc2cccs2)(c2ccccc2)CC1.Cc1ccccc1C(c1ccccc1C)N1CCC(n2c(=O)n(CC3CCC3)c3ccccc32)CC1.O=C1N(CCN2CCCC2)CN(c2ccccc2)C12CCN(C(c1ccccc1Cl)c1ccccc1Cl)CC2. The topological polar surface area (TPSA) is 114 Å². The van der Waals surface area contributed by atoms with Crippen LogP contribution in [0.4, 0.5) is 11.4 Å². The molecule has 1 aliphatic carbocycles. The van der Waals surface area contributed by atoms with Gasteiger partial charge >= 0.3 is 5.69 Å². The van der Waals surface area contributed by atoms with Crippen LogP contribution < -0.4 is 26.1 Å². The second kappa shape index (κ2) is 47.5. The molecule has 14 aromatic rings. The summed E-state index contributed by atoms with van der Waals surface area (Å²) in [4.78, 5) is 64.7. The first-order valence-corrected chi connectivity index (χ1v) is 55.1. The van der Waals surface area contributed by atoms with Crippen molar-refractivity contribution in [1.82, 2.24) is 54.1 Å². The summed E-state index contributed by atoms with van der Waals surface area (Å²) >= 11 is 28.8. The molecule has 0 bridgehead atoms. The number of hydrogen-bond donors (Lipinski definition) is 2. The molecule has 22 rings (SSSR count). The Morgan fingerprint density at radius 1 is 0.359 bits per heavy atom. The first-order valence-electron chi connectivity index (χ1n) is 52.7. The number of fused-ring (bicyclic) bond motifs is 1. The average Bonchev–Trinajstić information content (AvgIpc) is 1.60. The summed E-state index contributed by atoms with van der Waals surface area (Å²) in [6, 6.07) is 113. The molecule has 12 aromatic carbocycles. The quantitative estimate of drug-likeness (QED) is 0.0511. The Morgan fingerprint density at radius 2 is 0.717 bits per heavy atom. The summed E-state index contributed by atoms with van der Waals surface area (Å²) in [5.41, 5.74) is 20.2. The Kier molecular flexibility index (Phi) is 33.6. The maximum Gasteiger partial charge on any atom is 0.329 e. The number of hydrogen-bond acceptors (Lipinski definition) is 13. The molecule has 8 aliphatic rings. The van der Waals surface area contributed by atoms with Crippen LogP contribution in [0.2, 0.25) is 20.1 Å². The Labute approximate surface area is 882 Å². The lowest BCUT2D eigenvalue weighted by molar-refractivity contribution is -0.134. The molecule has 8 fully saturated rings. The number of para-hydroxylation sites is 4. The van der Waals surface area contributed by atoms with E-state index in [-0.39, 0.29) is 53.3 Å². The van der Waals surface area contributed by atoms with Crippen LogP contribution in [0.25, 0.3) is 11.0 Å². The zero-order chi connectivity index (χ0) is 100.0. The number of likely N-dealkylation sites (tertiary alicyclic amines) is 5. The van der Waals surface area contributed by atoms with Crippen LogP contribution in [0.5, 0.6) is 0 Å². The number of nitrogens with zero attached hydrogens (tertiary/aromatic N) is 11. The Hall–Kier alpha value is -11.0. The van der Waals surface area contributed by atoms with E-state index in [1.807, 2.05) is 120 Å². The van der Waals surface area contributed by atoms with Crippen LogP contribution in [-0.2, 0) is 28.2 Å². The average molecular weight is 2030 g/mol. The van der Waals surface area contributed by atoms with Crippen LogP contribution in [0, 0.1) is 33.6 Å². The van der Waals surface area contributed by atoms with E-state index in [0.29, 0.717) is 25.8 Å². The summed E-state index contributed by atoms with van der Waals surface area (Å²) in [6.45, 7) is 24.7. The van der Waals surface area contributed by atoms with Crippen LogP contribution in [0.1, 0.15) is 191 Å². The Bertz CT molecular complexity index is 6520. The predicted molar refractivity (Wildman–Crippen MR) is 599 cm³/mol. The number of benzene rings is 12. The zero-order valence-corrected chi connectivity index (χ0v) is 88.5. The number of imidazole rings is 1. The predicted octanol–water partition coefficient (Wildman–Crippen LogP) is 25.6. The van der Waals surface area contributed by atoms with E-state index in [0.717, 1.165) is 214 Å². The number of anilines is 2. The molecular weight excluding hydrogens is 1890 g/mol. The molecule has 7 aliphatic heterocycles. The first kappa shape index (κ1) is 103. The minimum Gasteiger partial charge on any atom is -0.339 e. The lowest BCUT2D eigenvalue weighted by atomic mass is 9.79. The van der Waals surface area contributed by atoms with Gasteiger partial charge in [-0.1, -0.05) is 308 Å². The summed E-state index contributed by atoms with van der Waals surface area (Å²) in [6.07, 6.45) is 13.5. The van der Waals surface area contributed by atoms with E-state index in [1.165, 1.54) is 87.1 Å². The number of aryl methyl sites for hydroxylation is 4. The van der Waals surface area contributed by atoms with Crippen molar-refractivity contribution in [2.75, 3.05) is 122 Å². The molecule has 2 N–H and O–H groups in total. The highest BCUT2D eigenvalue weighted by molar-refractivity contribution is 7.09. The molecule has 21 heteroatoms. The van der Waals surface area contributed by atoms with Gasteiger partial charge in [-0.25, -0.2) is 4.79 Å². The van der Waals surface area contributed by atoms with Gasteiger partial charge in [0.15, 0.2) is 0 Å². The molecule has 2 aromatic heterocycles. The molecule has 2 amide bonds. The number of thiophene rings is 1. The van der Waals surface area contributed by atoms with Gasteiger partial charge in [-0.15, -0.1) is 11.3 Å². The third kappa shape index (κ3) is 22.4. The minimum atomic E-state index is -0.545. The van der Waals surface area contributed by atoms with Gasteiger partial charge in [0, 0.05) is 140 Å². The molecule has 145 heavy (non-hydrogen) atoms. The minimum absolute atomic E-state index is 0.00374. The molecule has 0 atom stereocenters. The van der Waals surface area contributed by atoms with Gasteiger partial charge in [-0.05, 0) is 275 Å². The summed E-state index contributed by atoms with van der Waals surface area (Å²) in [5, 5.41) is 12.3. The third-order valence-corrected chi connectivity index (χ3v) is 34.9. The number of aromatic nitrogens is 2. The second-order valence-electron chi connectivity index (χ2n) is 41.1. The van der Waals surface area contributed by atoms with Gasteiger partial charge in [0.05, 0.1) is 48.5 Å². The number of piperidine rings is 4. The summed E-state index contributed by atoms with van der Waals surface area (Å²) in [7, 11) is 1.92. The third-order valence-electron chi connectivity index (χ3n) is 32.7. The number of amides is 2. The highest BCUT2D eigenvalue weighted by atomic mass is 35.5. The number of rotatable bonds is 27. The van der Waals surface area contributed by atoms with E-state index < -0.39 is 11.1 Å². The van der Waals surface area contributed by atoms with E-state index in [9.17, 15) is 14.4 Å². The fourth-order valence-corrected chi connectivity index (χ4v) is 26.0. The summed E-state index contributed by atoms with van der Waals surface area (Å²) < 4.78 is 4.19. The van der Waals surface area contributed by atoms with Crippen LogP contribution >= 0.6 is 57.7 Å². The number of nitrogens with one attached hydrogen (secondary N) is 2. The van der Waals surface area contributed by atoms with Crippen molar-refractivity contribution in [2.24, 2.45) is 5.92 Å². The van der Waals surface area contributed by atoms with Crippen molar-refractivity contribution in [3.63, 3.8) is 0 Å². The fourth-order valence-electron chi connectivity index (χ4n) is 24.4. The normalized spacial score (nSPS) is 18.0. The highest BCUT2D eigenvalue weighted by Crippen LogP contribution is 2.49. The number of halogens is 4. The molecule has 0 radical (unpaired) electrons. The highest BCUT2D eigenvalue weighted by Gasteiger charge is 2.56. The molecule has 1 saturated carbocycles. The monoisotopic (exact) mass is 2030 g/mol. The van der Waals surface area contributed by atoms with Crippen molar-refractivity contribution in [1.29, 1.82) is 0 Å². The molecule has 2 spiro atoms. The van der Waals surface area contributed by atoms with Crippen molar-refractivity contribution in [3.05, 3.63) is 435 Å². The fraction of sp³-hybridized carbons (Fsp3) is 0.363. The van der Waals surface area contributed by atoms with Gasteiger partial charge in [-0.3, -0.25) is 38.3 Å². The van der Waals surface area contributed by atoms with E-state index >= 15 is 0 Å². The van der Waals surface area contributed by atoms with Gasteiger partial charge in [-0.2, -0.15) is 0 Å². The van der Waals surface area contributed by atoms with Gasteiger partial charge < -0.3 is 35.1 Å². The maximum absolute atomic E-state index is 14.2. The molecular formula is C124H139Cl4N13O3S.